The molecule has 0 bridgehead atoms. The van der Waals surface area contributed by atoms with Crippen molar-refractivity contribution in [1.82, 2.24) is 5.32 Å². The maximum absolute atomic E-state index is 12.8. The highest BCUT2D eigenvalue weighted by atomic mass is 16.4. The largest absolute Gasteiger partial charge is 0.478 e. The van der Waals surface area contributed by atoms with E-state index in [2.05, 4.69) is 23.2 Å². The highest BCUT2D eigenvalue weighted by Gasteiger charge is 2.22. The molecule has 160 valence electrons. The third-order valence-electron chi connectivity index (χ3n) is 5.60. The molecule has 2 aromatic carbocycles. The fourth-order valence-corrected chi connectivity index (χ4v) is 4.06. The van der Waals surface area contributed by atoms with Crippen LogP contribution >= 0.6 is 0 Å². The van der Waals surface area contributed by atoms with E-state index in [-0.39, 0.29) is 23.9 Å². The third kappa shape index (κ3) is 5.53. The Morgan fingerprint density at radius 3 is 2.43 bits per heavy atom. The summed E-state index contributed by atoms with van der Waals surface area (Å²) in [5, 5.41) is 12.2. The van der Waals surface area contributed by atoms with Gasteiger partial charge in [-0.3, -0.25) is 4.79 Å². The molecule has 1 atom stereocenters. The van der Waals surface area contributed by atoms with Gasteiger partial charge >= 0.3 is 5.97 Å². The van der Waals surface area contributed by atoms with Gasteiger partial charge in [-0.25, -0.2) is 4.79 Å². The molecule has 30 heavy (non-hydrogen) atoms. The number of hydrogen-bond acceptors (Lipinski definition) is 4. The Labute approximate surface area is 178 Å². The second-order valence-corrected chi connectivity index (χ2v) is 7.95. The van der Waals surface area contributed by atoms with E-state index in [0.717, 1.165) is 42.7 Å². The number of nitrogens with zero attached hydrogens (tertiary/aromatic N) is 1. The molecule has 1 fully saturated rings. The van der Waals surface area contributed by atoms with Gasteiger partial charge < -0.3 is 21.1 Å². The van der Waals surface area contributed by atoms with Crippen LogP contribution in [0.2, 0.25) is 0 Å². The number of aromatic carboxylic acids is 1. The van der Waals surface area contributed by atoms with E-state index in [0.29, 0.717) is 5.69 Å². The summed E-state index contributed by atoms with van der Waals surface area (Å²) < 4.78 is 0. The van der Waals surface area contributed by atoms with E-state index < -0.39 is 5.97 Å². The number of nitrogens with one attached hydrogen (secondary N) is 1. The number of benzene rings is 2. The number of carbonyl (C=O) groups is 2. The van der Waals surface area contributed by atoms with Gasteiger partial charge in [-0.1, -0.05) is 25.5 Å². The van der Waals surface area contributed by atoms with Gasteiger partial charge in [0.1, 0.15) is 0 Å². The van der Waals surface area contributed by atoms with Crippen molar-refractivity contribution in [1.29, 1.82) is 0 Å². The molecule has 0 radical (unpaired) electrons. The van der Waals surface area contributed by atoms with Crippen LogP contribution < -0.4 is 16.0 Å². The molecule has 1 aliphatic heterocycles. The Hall–Kier alpha value is -3.02. The van der Waals surface area contributed by atoms with E-state index in [4.69, 9.17) is 10.8 Å². The van der Waals surface area contributed by atoms with Crippen molar-refractivity contribution in [2.45, 2.75) is 51.5 Å². The van der Waals surface area contributed by atoms with Gasteiger partial charge in [-0.15, -0.1) is 0 Å². The third-order valence-corrected chi connectivity index (χ3v) is 5.60. The molecule has 6 nitrogen and oxygen atoms in total. The maximum Gasteiger partial charge on any atom is 0.335 e. The van der Waals surface area contributed by atoms with Crippen LogP contribution in [0.25, 0.3) is 0 Å². The molecule has 0 aliphatic carbocycles. The summed E-state index contributed by atoms with van der Waals surface area (Å²) in [6.45, 7) is 4.16. The van der Waals surface area contributed by atoms with E-state index in [1.54, 1.807) is 12.1 Å². The number of nitrogen functional groups attached to an aromatic ring is 1. The first kappa shape index (κ1) is 21.7. The van der Waals surface area contributed by atoms with Crippen LogP contribution in [0.1, 0.15) is 66.6 Å². The molecule has 0 aromatic heterocycles. The number of hydrogen-bond donors (Lipinski definition) is 3. The minimum atomic E-state index is -0.971. The van der Waals surface area contributed by atoms with Crippen LogP contribution in [-0.4, -0.2) is 30.1 Å². The summed E-state index contributed by atoms with van der Waals surface area (Å²) in [6, 6.07) is 12.3. The van der Waals surface area contributed by atoms with Crippen molar-refractivity contribution in [3.05, 3.63) is 59.2 Å². The smallest absolute Gasteiger partial charge is 0.335 e. The van der Waals surface area contributed by atoms with Gasteiger partial charge in [0.2, 0.25) is 5.91 Å². The van der Waals surface area contributed by atoms with Gasteiger partial charge in [0.15, 0.2) is 0 Å². The Morgan fingerprint density at radius 2 is 1.80 bits per heavy atom. The first-order valence-corrected chi connectivity index (χ1v) is 10.7. The summed E-state index contributed by atoms with van der Waals surface area (Å²) in [4.78, 5) is 26.2. The maximum atomic E-state index is 12.8. The molecule has 1 saturated heterocycles. The predicted octanol–water partition coefficient (Wildman–Crippen LogP) is 4.16. The topological polar surface area (TPSA) is 95.7 Å². The van der Waals surface area contributed by atoms with E-state index in [1.165, 1.54) is 31.4 Å². The molecule has 2 aromatic rings. The van der Waals surface area contributed by atoms with Gasteiger partial charge in [0, 0.05) is 24.5 Å². The molecule has 4 N–H and O–H groups in total. The molecule has 1 amide bonds. The van der Waals surface area contributed by atoms with Gasteiger partial charge in [0.25, 0.3) is 0 Å². The number of carboxylic acids is 1. The first-order valence-electron chi connectivity index (χ1n) is 10.7. The number of carbonyl (C=O) groups excluding carboxylic acids is 1. The van der Waals surface area contributed by atoms with Crippen molar-refractivity contribution >= 4 is 23.3 Å². The van der Waals surface area contributed by atoms with E-state index in [1.807, 2.05) is 12.1 Å². The van der Waals surface area contributed by atoms with Crippen molar-refractivity contribution < 1.29 is 14.7 Å². The van der Waals surface area contributed by atoms with Crippen molar-refractivity contribution in [3.63, 3.8) is 0 Å². The highest BCUT2D eigenvalue weighted by Crippen LogP contribution is 2.33. The highest BCUT2D eigenvalue weighted by molar-refractivity contribution is 5.87. The Kier molecular flexibility index (Phi) is 7.33. The van der Waals surface area contributed by atoms with Gasteiger partial charge in [0.05, 0.1) is 18.0 Å². The van der Waals surface area contributed by atoms with Crippen molar-refractivity contribution in [2.24, 2.45) is 0 Å². The molecular formula is C24H31N3O3. The molecule has 1 aliphatic rings. The van der Waals surface area contributed by atoms with Crippen molar-refractivity contribution in [2.75, 3.05) is 23.7 Å². The van der Waals surface area contributed by atoms with Gasteiger partial charge in [-0.2, -0.15) is 0 Å². The number of piperidine rings is 1. The van der Waals surface area contributed by atoms with Gasteiger partial charge in [-0.05, 0) is 67.1 Å². The average Bonchev–Trinajstić information content (AvgIpc) is 2.74. The van der Waals surface area contributed by atoms with Crippen LogP contribution in [0.4, 0.5) is 11.4 Å². The fraction of sp³-hybridized carbons (Fsp3) is 0.417. The lowest BCUT2D eigenvalue weighted by Crippen LogP contribution is -2.34. The Balaban J connectivity index is 1.77. The summed E-state index contributed by atoms with van der Waals surface area (Å²) in [6.07, 6.45) is 5.60. The quantitative estimate of drug-likeness (QED) is 0.569. The Bertz CT molecular complexity index is 874. The Morgan fingerprint density at radius 1 is 1.10 bits per heavy atom. The molecule has 3 rings (SSSR count). The predicted molar refractivity (Wildman–Crippen MR) is 120 cm³/mol. The van der Waals surface area contributed by atoms with Crippen LogP contribution in [0.5, 0.6) is 0 Å². The van der Waals surface area contributed by atoms with Crippen LogP contribution in [-0.2, 0) is 11.2 Å². The normalized spacial score (nSPS) is 14.9. The zero-order valence-corrected chi connectivity index (χ0v) is 17.6. The summed E-state index contributed by atoms with van der Waals surface area (Å²) in [5.74, 6) is -1.05. The van der Waals surface area contributed by atoms with Crippen LogP contribution in [0.3, 0.4) is 0 Å². The minimum Gasteiger partial charge on any atom is -0.478 e. The van der Waals surface area contributed by atoms with E-state index >= 15 is 0 Å². The fourth-order valence-electron chi connectivity index (χ4n) is 4.06. The summed E-state index contributed by atoms with van der Waals surface area (Å²) in [7, 11) is 0. The standard InChI is InChI=1S/C24H31N3O3/c1-2-6-21(26-23(28)15-17-7-9-18(10-8-17)24(29)30)20-16-19(25)11-12-22(20)27-13-4-3-5-14-27/h7-12,16,21H,2-6,13-15,25H2,1H3,(H,26,28)(H,29,30). The number of amides is 1. The lowest BCUT2D eigenvalue weighted by molar-refractivity contribution is -0.121. The van der Waals surface area contributed by atoms with Crippen LogP contribution in [0.15, 0.2) is 42.5 Å². The van der Waals surface area contributed by atoms with Crippen LogP contribution in [0, 0.1) is 0 Å². The molecule has 0 spiro atoms. The summed E-state index contributed by atoms with van der Waals surface area (Å²) in [5.41, 5.74) is 10.0. The lowest BCUT2D eigenvalue weighted by atomic mass is 9.97. The van der Waals surface area contributed by atoms with E-state index in [9.17, 15) is 9.59 Å². The zero-order valence-electron chi connectivity index (χ0n) is 17.6. The number of nitrogens with two attached hydrogens (primary N) is 1. The van der Waals surface area contributed by atoms with Crippen molar-refractivity contribution in [3.8, 4) is 0 Å². The molecule has 6 heteroatoms. The monoisotopic (exact) mass is 409 g/mol. The first-order chi connectivity index (χ1) is 14.5. The molecule has 1 heterocycles. The SMILES string of the molecule is CCCC(NC(=O)Cc1ccc(C(=O)O)cc1)c1cc(N)ccc1N1CCCCC1. The minimum absolute atomic E-state index is 0.0801. The lowest BCUT2D eigenvalue weighted by Gasteiger charge is -2.33. The number of carboxylic acid groups (broad SMARTS) is 1. The molecular weight excluding hydrogens is 378 g/mol. The molecule has 0 saturated carbocycles. The number of anilines is 2. The molecule has 1 unspecified atom stereocenters. The second kappa shape index (κ2) is 10.1. The second-order valence-electron chi connectivity index (χ2n) is 7.95. The summed E-state index contributed by atoms with van der Waals surface area (Å²) >= 11 is 0. The zero-order chi connectivity index (χ0) is 21.5. The average molecular weight is 410 g/mol. The number of rotatable bonds is 8.